The second-order valence-electron chi connectivity index (χ2n) is 5.94. The third-order valence-corrected chi connectivity index (χ3v) is 4.83. The first-order valence-electron chi connectivity index (χ1n) is 7.29. The van der Waals surface area contributed by atoms with Gasteiger partial charge in [-0.05, 0) is 56.6 Å². The van der Waals surface area contributed by atoms with Crippen LogP contribution in [-0.2, 0) is 0 Å². The maximum atomic E-state index is 10.8. The molecule has 1 heterocycles. The van der Waals surface area contributed by atoms with Crippen molar-refractivity contribution in [3.63, 3.8) is 0 Å². The topological polar surface area (TPSA) is 32.3 Å². The fourth-order valence-electron chi connectivity index (χ4n) is 3.67. The summed E-state index contributed by atoms with van der Waals surface area (Å²) in [5.41, 5.74) is 1.00. The van der Waals surface area contributed by atoms with E-state index in [0.29, 0.717) is 12.0 Å². The molecule has 0 aromatic heterocycles. The van der Waals surface area contributed by atoms with Crippen molar-refractivity contribution in [2.75, 3.05) is 6.54 Å². The van der Waals surface area contributed by atoms with E-state index in [2.05, 4.69) is 35.6 Å². The van der Waals surface area contributed by atoms with Gasteiger partial charge in [-0.25, -0.2) is 0 Å². The quantitative estimate of drug-likeness (QED) is 0.839. The average molecular weight is 245 g/mol. The number of hydrogen-bond acceptors (Lipinski definition) is 2. The smallest absolute Gasteiger partial charge is 0.0800 e. The zero-order chi connectivity index (χ0) is 12.4. The third-order valence-electron chi connectivity index (χ3n) is 4.83. The minimum Gasteiger partial charge on any atom is -0.388 e. The summed E-state index contributed by atoms with van der Waals surface area (Å²) in [7, 11) is 0. The Balaban J connectivity index is 1.64. The molecule has 0 radical (unpaired) electrons. The van der Waals surface area contributed by atoms with E-state index in [1.807, 2.05) is 0 Å². The van der Waals surface area contributed by atoms with Crippen molar-refractivity contribution >= 4 is 0 Å². The van der Waals surface area contributed by atoms with Crippen LogP contribution < -0.4 is 5.32 Å². The predicted octanol–water partition coefficient (Wildman–Crippen LogP) is 2.83. The second-order valence-corrected chi connectivity index (χ2v) is 5.94. The minimum absolute atomic E-state index is 0.342. The fourth-order valence-corrected chi connectivity index (χ4v) is 3.67. The van der Waals surface area contributed by atoms with E-state index in [9.17, 15) is 5.11 Å². The lowest BCUT2D eigenvalue weighted by atomic mass is 9.72. The molecule has 2 N–H and O–H groups in total. The van der Waals surface area contributed by atoms with Crippen LogP contribution in [0.5, 0.6) is 0 Å². The molecule has 1 aromatic rings. The van der Waals surface area contributed by atoms with E-state index in [1.165, 1.54) is 12.0 Å². The summed E-state index contributed by atoms with van der Waals surface area (Å²) >= 11 is 0. The summed E-state index contributed by atoms with van der Waals surface area (Å²) in [6.07, 6.45) is 6.51. The number of rotatable bonds is 2. The summed E-state index contributed by atoms with van der Waals surface area (Å²) < 4.78 is 0. The molecule has 1 saturated carbocycles. The van der Waals surface area contributed by atoms with Crippen LogP contribution in [-0.4, -0.2) is 23.3 Å². The van der Waals surface area contributed by atoms with Crippen LogP contribution in [0.25, 0.3) is 0 Å². The maximum Gasteiger partial charge on any atom is 0.0800 e. The van der Waals surface area contributed by atoms with Crippen molar-refractivity contribution in [1.82, 2.24) is 5.32 Å². The van der Waals surface area contributed by atoms with E-state index < -0.39 is 5.60 Å². The molecule has 1 aliphatic carbocycles. The standard InChI is InChI=1S/C16H23NO/c18-16(15-7-4-12-17-15)10-8-14(9-11-16)13-5-2-1-3-6-13/h1-3,5-6,14-15,17-18H,4,7-12H2. The highest BCUT2D eigenvalue weighted by Gasteiger charge is 2.41. The molecule has 1 saturated heterocycles. The van der Waals surface area contributed by atoms with Crippen LogP contribution in [0.2, 0.25) is 0 Å². The van der Waals surface area contributed by atoms with Gasteiger partial charge in [-0.3, -0.25) is 0 Å². The van der Waals surface area contributed by atoms with Crippen molar-refractivity contribution in [2.45, 2.75) is 56.1 Å². The van der Waals surface area contributed by atoms with Crippen LogP contribution in [0, 0.1) is 0 Å². The molecule has 1 atom stereocenters. The Hall–Kier alpha value is -0.860. The van der Waals surface area contributed by atoms with Gasteiger partial charge in [-0.1, -0.05) is 30.3 Å². The van der Waals surface area contributed by atoms with Crippen molar-refractivity contribution < 1.29 is 5.11 Å². The molecule has 2 aliphatic rings. The van der Waals surface area contributed by atoms with Gasteiger partial charge in [-0.2, -0.15) is 0 Å². The summed E-state index contributed by atoms with van der Waals surface area (Å²) in [6, 6.07) is 11.1. The van der Waals surface area contributed by atoms with Gasteiger partial charge in [0.2, 0.25) is 0 Å². The lowest BCUT2D eigenvalue weighted by molar-refractivity contribution is -0.0292. The van der Waals surface area contributed by atoms with Crippen LogP contribution in [0.4, 0.5) is 0 Å². The molecule has 3 rings (SSSR count). The molecule has 2 nitrogen and oxygen atoms in total. The van der Waals surface area contributed by atoms with Gasteiger partial charge in [0.15, 0.2) is 0 Å². The Morgan fingerprint density at radius 1 is 1.06 bits per heavy atom. The molecule has 2 fully saturated rings. The predicted molar refractivity (Wildman–Crippen MR) is 73.6 cm³/mol. The normalized spacial score (nSPS) is 36.7. The zero-order valence-electron chi connectivity index (χ0n) is 10.9. The Morgan fingerprint density at radius 3 is 2.39 bits per heavy atom. The minimum atomic E-state index is -0.443. The molecule has 98 valence electrons. The number of aliphatic hydroxyl groups is 1. The maximum absolute atomic E-state index is 10.8. The van der Waals surface area contributed by atoms with Crippen LogP contribution in [0.15, 0.2) is 30.3 Å². The lowest BCUT2D eigenvalue weighted by Crippen LogP contribution is -2.49. The van der Waals surface area contributed by atoms with Crippen molar-refractivity contribution in [2.24, 2.45) is 0 Å². The van der Waals surface area contributed by atoms with Crippen molar-refractivity contribution in [3.05, 3.63) is 35.9 Å². The molecule has 0 bridgehead atoms. The zero-order valence-corrected chi connectivity index (χ0v) is 10.9. The molecule has 18 heavy (non-hydrogen) atoms. The Morgan fingerprint density at radius 2 is 1.78 bits per heavy atom. The van der Waals surface area contributed by atoms with Crippen molar-refractivity contribution in [1.29, 1.82) is 0 Å². The summed E-state index contributed by atoms with van der Waals surface area (Å²) in [5.74, 6) is 0.646. The van der Waals surface area contributed by atoms with E-state index >= 15 is 0 Å². The highest BCUT2D eigenvalue weighted by Crippen LogP contribution is 2.40. The third kappa shape index (κ3) is 2.32. The van der Waals surface area contributed by atoms with E-state index in [4.69, 9.17) is 0 Å². The molecule has 1 unspecified atom stereocenters. The van der Waals surface area contributed by atoms with Gasteiger partial charge < -0.3 is 10.4 Å². The number of nitrogens with one attached hydrogen (secondary N) is 1. The van der Waals surface area contributed by atoms with Crippen molar-refractivity contribution in [3.8, 4) is 0 Å². The van der Waals surface area contributed by atoms with Gasteiger partial charge in [0.05, 0.1) is 5.60 Å². The summed E-state index contributed by atoms with van der Waals surface area (Å²) in [5, 5.41) is 14.2. The fraction of sp³-hybridized carbons (Fsp3) is 0.625. The monoisotopic (exact) mass is 245 g/mol. The average Bonchev–Trinajstić information content (AvgIpc) is 2.95. The highest BCUT2D eigenvalue weighted by molar-refractivity contribution is 5.20. The molecular formula is C16H23NO. The van der Waals surface area contributed by atoms with Crippen LogP contribution in [0.1, 0.15) is 50.0 Å². The van der Waals surface area contributed by atoms with E-state index in [-0.39, 0.29) is 0 Å². The number of benzene rings is 1. The van der Waals surface area contributed by atoms with Gasteiger partial charge in [0, 0.05) is 6.04 Å². The largest absolute Gasteiger partial charge is 0.388 e. The van der Waals surface area contributed by atoms with Crippen LogP contribution in [0.3, 0.4) is 0 Å². The van der Waals surface area contributed by atoms with Crippen LogP contribution >= 0.6 is 0 Å². The van der Waals surface area contributed by atoms with Gasteiger partial charge in [-0.15, -0.1) is 0 Å². The van der Waals surface area contributed by atoms with E-state index in [1.54, 1.807) is 0 Å². The first-order valence-corrected chi connectivity index (χ1v) is 7.29. The molecule has 0 spiro atoms. The van der Waals surface area contributed by atoms with Gasteiger partial charge in [0.1, 0.15) is 0 Å². The summed E-state index contributed by atoms with van der Waals surface area (Å²) in [6.45, 7) is 1.08. The SMILES string of the molecule is OC1(C2CCCN2)CCC(c2ccccc2)CC1. The summed E-state index contributed by atoms with van der Waals surface area (Å²) in [4.78, 5) is 0. The first-order chi connectivity index (χ1) is 8.78. The second kappa shape index (κ2) is 5.02. The lowest BCUT2D eigenvalue weighted by Gasteiger charge is -2.40. The Bertz CT molecular complexity index is 375. The Labute approximate surface area is 109 Å². The van der Waals surface area contributed by atoms with Gasteiger partial charge >= 0.3 is 0 Å². The highest BCUT2D eigenvalue weighted by atomic mass is 16.3. The first kappa shape index (κ1) is 12.2. The van der Waals surface area contributed by atoms with E-state index in [0.717, 1.165) is 38.6 Å². The van der Waals surface area contributed by atoms with Gasteiger partial charge in [0.25, 0.3) is 0 Å². The molecular weight excluding hydrogens is 222 g/mol. The molecule has 0 amide bonds. The Kier molecular flexibility index (Phi) is 3.40. The molecule has 1 aliphatic heterocycles. The molecule has 2 heteroatoms. The number of hydrogen-bond donors (Lipinski definition) is 2. The molecule has 1 aromatic carbocycles.